The van der Waals surface area contributed by atoms with E-state index in [0.29, 0.717) is 11.6 Å². The number of nitrogen functional groups attached to an aromatic ring is 1. The summed E-state index contributed by atoms with van der Waals surface area (Å²) in [5.74, 6) is 3.09. The number of rotatable bonds is 8. The summed E-state index contributed by atoms with van der Waals surface area (Å²) < 4.78 is 8.05. The average Bonchev–Trinajstić information content (AvgIpc) is 3.01. The minimum atomic E-state index is 0.483. The summed E-state index contributed by atoms with van der Waals surface area (Å²) in [7, 11) is 0. The monoisotopic (exact) mass is 364 g/mol. The van der Waals surface area contributed by atoms with Crippen molar-refractivity contribution < 1.29 is 0 Å². The summed E-state index contributed by atoms with van der Waals surface area (Å²) in [6, 6.07) is 4.39. The number of aromatic nitrogens is 3. The Kier molecular flexibility index (Phi) is 6.68. The molecule has 1 aliphatic heterocycles. The van der Waals surface area contributed by atoms with Crippen LogP contribution < -0.4 is 11.1 Å². The molecule has 0 amide bonds. The molecule has 0 aliphatic carbocycles. The molecule has 2 aromatic heterocycles. The van der Waals surface area contributed by atoms with Crippen LogP contribution in [0.25, 0.3) is 0 Å². The van der Waals surface area contributed by atoms with Crippen LogP contribution in [-0.2, 0) is 12.3 Å². The maximum atomic E-state index is 5.69. The summed E-state index contributed by atoms with van der Waals surface area (Å²) in [5.41, 5.74) is 8.23. The van der Waals surface area contributed by atoms with E-state index < -0.39 is 0 Å². The standard InChI is InChI=1S/C16H24N6S2/c17-15-16(21-24-20-15)19-6-9-23-12-14-10-13(4-5-18-14)11-22-7-2-1-3-8-22/h4-5,10H,1-3,6-9,11-12H2,(H2,17,20)(H,19,21). The van der Waals surface area contributed by atoms with E-state index >= 15 is 0 Å². The van der Waals surface area contributed by atoms with Gasteiger partial charge in [0.05, 0.1) is 17.4 Å². The van der Waals surface area contributed by atoms with Crippen LogP contribution in [0.2, 0.25) is 0 Å². The van der Waals surface area contributed by atoms with Gasteiger partial charge in [0, 0.05) is 30.8 Å². The molecule has 3 rings (SSSR count). The lowest BCUT2D eigenvalue weighted by Gasteiger charge is -2.26. The highest BCUT2D eigenvalue weighted by atomic mass is 32.2. The first-order valence-electron chi connectivity index (χ1n) is 8.37. The quantitative estimate of drug-likeness (QED) is 0.697. The lowest BCUT2D eigenvalue weighted by Crippen LogP contribution is -2.29. The van der Waals surface area contributed by atoms with Crippen molar-refractivity contribution in [2.24, 2.45) is 0 Å². The van der Waals surface area contributed by atoms with Gasteiger partial charge in [0.1, 0.15) is 0 Å². The van der Waals surface area contributed by atoms with Crippen LogP contribution >= 0.6 is 23.5 Å². The van der Waals surface area contributed by atoms with Crippen LogP contribution in [0.1, 0.15) is 30.5 Å². The molecular weight excluding hydrogens is 340 g/mol. The average molecular weight is 365 g/mol. The first-order valence-corrected chi connectivity index (χ1v) is 10.3. The lowest BCUT2D eigenvalue weighted by atomic mass is 10.1. The minimum Gasteiger partial charge on any atom is -0.380 e. The van der Waals surface area contributed by atoms with Crippen LogP contribution in [0, 0.1) is 0 Å². The molecule has 3 heterocycles. The van der Waals surface area contributed by atoms with E-state index in [1.165, 1.54) is 37.9 Å². The number of nitrogens with one attached hydrogen (secondary N) is 1. The minimum absolute atomic E-state index is 0.483. The maximum Gasteiger partial charge on any atom is 0.184 e. The number of hydrogen-bond acceptors (Lipinski definition) is 8. The first-order chi connectivity index (χ1) is 11.8. The molecule has 24 heavy (non-hydrogen) atoms. The zero-order valence-corrected chi connectivity index (χ0v) is 15.4. The van der Waals surface area contributed by atoms with Gasteiger partial charge in [0.2, 0.25) is 0 Å². The molecule has 0 bridgehead atoms. The van der Waals surface area contributed by atoms with E-state index in [1.807, 2.05) is 18.0 Å². The fraction of sp³-hybridized carbons (Fsp3) is 0.562. The predicted molar refractivity (Wildman–Crippen MR) is 102 cm³/mol. The van der Waals surface area contributed by atoms with E-state index in [4.69, 9.17) is 5.73 Å². The summed E-state index contributed by atoms with van der Waals surface area (Å²) in [6.45, 7) is 4.34. The Morgan fingerprint density at radius 1 is 1.25 bits per heavy atom. The van der Waals surface area contributed by atoms with Crippen molar-refractivity contribution >= 4 is 35.1 Å². The highest BCUT2D eigenvalue weighted by Gasteiger charge is 2.10. The van der Waals surface area contributed by atoms with E-state index in [1.54, 1.807) is 0 Å². The number of nitrogens with zero attached hydrogens (tertiary/aromatic N) is 4. The Balaban J connectivity index is 1.39. The van der Waals surface area contributed by atoms with Crippen LogP contribution in [0.15, 0.2) is 18.3 Å². The van der Waals surface area contributed by atoms with E-state index in [9.17, 15) is 0 Å². The van der Waals surface area contributed by atoms with Crippen molar-refractivity contribution in [3.63, 3.8) is 0 Å². The van der Waals surface area contributed by atoms with Gasteiger partial charge in [0.25, 0.3) is 0 Å². The second-order valence-corrected chi connectivity index (χ2v) is 7.60. The van der Waals surface area contributed by atoms with Gasteiger partial charge in [-0.3, -0.25) is 9.88 Å². The molecular formula is C16H24N6S2. The molecule has 0 saturated carbocycles. The van der Waals surface area contributed by atoms with E-state index in [0.717, 1.165) is 42.0 Å². The number of likely N-dealkylation sites (tertiary alicyclic amines) is 1. The van der Waals surface area contributed by atoms with Crippen molar-refractivity contribution in [3.05, 3.63) is 29.6 Å². The van der Waals surface area contributed by atoms with Gasteiger partial charge in [-0.2, -0.15) is 20.5 Å². The van der Waals surface area contributed by atoms with Gasteiger partial charge >= 0.3 is 0 Å². The lowest BCUT2D eigenvalue weighted by molar-refractivity contribution is 0.221. The Labute approximate surface area is 151 Å². The smallest absolute Gasteiger partial charge is 0.184 e. The zero-order valence-electron chi connectivity index (χ0n) is 13.8. The Bertz CT molecular complexity index is 627. The fourth-order valence-corrected chi connectivity index (χ4v) is 4.03. The molecule has 1 fully saturated rings. The molecule has 0 atom stereocenters. The summed E-state index contributed by atoms with van der Waals surface area (Å²) in [6.07, 6.45) is 5.99. The van der Waals surface area contributed by atoms with Crippen molar-refractivity contribution in [1.29, 1.82) is 0 Å². The molecule has 0 aromatic carbocycles. The van der Waals surface area contributed by atoms with Gasteiger partial charge in [-0.1, -0.05) is 6.42 Å². The maximum absolute atomic E-state index is 5.69. The number of pyridine rings is 1. The normalized spacial score (nSPS) is 15.5. The molecule has 0 spiro atoms. The van der Waals surface area contributed by atoms with E-state index in [-0.39, 0.29) is 0 Å². The third-order valence-corrected chi connectivity index (χ3v) is 5.57. The Morgan fingerprint density at radius 2 is 2.12 bits per heavy atom. The Morgan fingerprint density at radius 3 is 2.92 bits per heavy atom. The molecule has 1 aliphatic rings. The SMILES string of the molecule is Nc1nsnc1NCCSCc1cc(CN2CCCCC2)ccn1. The molecule has 8 heteroatoms. The van der Waals surface area contributed by atoms with Gasteiger partial charge < -0.3 is 11.1 Å². The molecule has 1 saturated heterocycles. The molecule has 0 unspecified atom stereocenters. The van der Waals surface area contributed by atoms with Crippen LogP contribution in [-0.4, -0.2) is 44.0 Å². The van der Waals surface area contributed by atoms with Crippen LogP contribution in [0.3, 0.4) is 0 Å². The Hall–Kier alpha value is -1.38. The predicted octanol–water partition coefficient (Wildman–Crippen LogP) is 2.85. The second-order valence-electron chi connectivity index (χ2n) is 5.97. The van der Waals surface area contributed by atoms with Crippen molar-refractivity contribution in [2.75, 3.05) is 36.4 Å². The number of piperidine rings is 1. The van der Waals surface area contributed by atoms with Crippen molar-refractivity contribution in [2.45, 2.75) is 31.6 Å². The van der Waals surface area contributed by atoms with E-state index in [2.05, 4.69) is 36.1 Å². The first kappa shape index (κ1) is 17.4. The third kappa shape index (κ3) is 5.32. The number of thioether (sulfide) groups is 1. The van der Waals surface area contributed by atoms with Gasteiger partial charge in [-0.05, 0) is 43.6 Å². The number of hydrogen-bond donors (Lipinski definition) is 2. The molecule has 6 nitrogen and oxygen atoms in total. The largest absolute Gasteiger partial charge is 0.380 e. The fourth-order valence-electron chi connectivity index (χ4n) is 2.82. The molecule has 3 N–H and O–H groups in total. The highest BCUT2D eigenvalue weighted by Crippen LogP contribution is 2.17. The summed E-state index contributed by atoms with van der Waals surface area (Å²) in [5, 5.41) is 3.21. The molecule has 2 aromatic rings. The number of nitrogens with two attached hydrogens (primary N) is 1. The van der Waals surface area contributed by atoms with Crippen LogP contribution in [0.4, 0.5) is 11.6 Å². The zero-order chi connectivity index (χ0) is 16.6. The second kappa shape index (κ2) is 9.19. The van der Waals surface area contributed by atoms with Crippen molar-refractivity contribution in [3.8, 4) is 0 Å². The van der Waals surface area contributed by atoms with Crippen molar-refractivity contribution in [1.82, 2.24) is 18.6 Å². The topological polar surface area (TPSA) is 80.0 Å². The molecule has 130 valence electrons. The summed E-state index contributed by atoms with van der Waals surface area (Å²) in [4.78, 5) is 7.04. The van der Waals surface area contributed by atoms with Crippen LogP contribution in [0.5, 0.6) is 0 Å². The van der Waals surface area contributed by atoms with Gasteiger partial charge in [-0.25, -0.2) is 0 Å². The third-order valence-electron chi connectivity index (χ3n) is 4.04. The highest BCUT2D eigenvalue weighted by molar-refractivity contribution is 7.98. The number of anilines is 2. The van der Waals surface area contributed by atoms with Gasteiger partial charge in [0.15, 0.2) is 11.6 Å². The summed E-state index contributed by atoms with van der Waals surface area (Å²) >= 11 is 3.00. The van der Waals surface area contributed by atoms with Gasteiger partial charge in [-0.15, -0.1) is 0 Å². The molecule has 0 radical (unpaired) electrons.